The summed E-state index contributed by atoms with van der Waals surface area (Å²) in [7, 11) is 2.27. The minimum absolute atomic E-state index is 0.313. The van der Waals surface area contributed by atoms with Crippen LogP contribution in [-0.2, 0) is 0 Å². The molecule has 0 amide bonds. The third-order valence-corrected chi connectivity index (χ3v) is 4.37. The van der Waals surface area contributed by atoms with Crippen LogP contribution in [0.3, 0.4) is 0 Å². The summed E-state index contributed by atoms with van der Waals surface area (Å²) in [5.41, 5.74) is 6.34. The molecule has 1 rings (SSSR count). The smallest absolute Gasteiger partial charge is 0.0354 e. The molecule has 0 aromatic rings. The molecule has 0 aromatic carbocycles. The Hall–Kier alpha value is -0.0800. The molecule has 1 aliphatic rings. The van der Waals surface area contributed by atoms with Gasteiger partial charge in [-0.25, -0.2) is 0 Å². The Morgan fingerprint density at radius 1 is 1.40 bits per heavy atom. The van der Waals surface area contributed by atoms with Gasteiger partial charge in [0.1, 0.15) is 0 Å². The molecule has 0 aliphatic heterocycles. The fraction of sp³-hybridized carbons (Fsp3) is 1.00. The fourth-order valence-electron chi connectivity index (χ4n) is 3.08. The van der Waals surface area contributed by atoms with E-state index in [9.17, 15) is 0 Å². The summed E-state index contributed by atoms with van der Waals surface area (Å²) >= 11 is 0. The van der Waals surface area contributed by atoms with Gasteiger partial charge in [-0.15, -0.1) is 0 Å². The first kappa shape index (κ1) is 13.0. The first-order valence-electron chi connectivity index (χ1n) is 6.58. The third-order valence-electron chi connectivity index (χ3n) is 4.37. The minimum Gasteiger partial charge on any atom is -0.329 e. The number of nitrogens with zero attached hydrogens (tertiary/aromatic N) is 1. The van der Waals surface area contributed by atoms with Crippen molar-refractivity contribution in [1.29, 1.82) is 0 Å². The summed E-state index contributed by atoms with van der Waals surface area (Å²) < 4.78 is 0. The lowest BCUT2D eigenvalue weighted by Crippen LogP contribution is -2.54. The zero-order valence-corrected chi connectivity index (χ0v) is 10.8. The monoisotopic (exact) mass is 212 g/mol. The van der Waals surface area contributed by atoms with E-state index in [1.165, 1.54) is 45.1 Å². The zero-order chi connectivity index (χ0) is 11.3. The van der Waals surface area contributed by atoms with Crippen molar-refractivity contribution < 1.29 is 0 Å². The van der Waals surface area contributed by atoms with E-state index in [-0.39, 0.29) is 0 Å². The largest absolute Gasteiger partial charge is 0.329 e. The summed E-state index contributed by atoms with van der Waals surface area (Å²) in [5.74, 6) is 0.772. The van der Waals surface area contributed by atoms with Gasteiger partial charge in [0.2, 0.25) is 0 Å². The molecule has 15 heavy (non-hydrogen) atoms. The molecule has 2 nitrogen and oxygen atoms in total. The van der Waals surface area contributed by atoms with Crippen molar-refractivity contribution in [3.63, 3.8) is 0 Å². The van der Waals surface area contributed by atoms with Gasteiger partial charge < -0.3 is 5.73 Å². The van der Waals surface area contributed by atoms with Crippen LogP contribution in [0.1, 0.15) is 52.4 Å². The Labute approximate surface area is 95.2 Å². The van der Waals surface area contributed by atoms with Gasteiger partial charge >= 0.3 is 0 Å². The molecular formula is C13H28N2. The first-order chi connectivity index (χ1) is 7.17. The Morgan fingerprint density at radius 3 is 2.60 bits per heavy atom. The highest BCUT2D eigenvalue weighted by Crippen LogP contribution is 2.38. The van der Waals surface area contributed by atoms with E-state index in [1.54, 1.807) is 0 Å². The molecule has 1 saturated carbocycles. The maximum atomic E-state index is 6.02. The quantitative estimate of drug-likeness (QED) is 0.686. The molecule has 2 heteroatoms. The highest BCUT2D eigenvalue weighted by molar-refractivity contribution is 4.99. The second-order valence-corrected chi connectivity index (χ2v) is 5.23. The van der Waals surface area contributed by atoms with Gasteiger partial charge in [0.25, 0.3) is 0 Å². The highest BCUT2D eigenvalue weighted by Gasteiger charge is 2.41. The van der Waals surface area contributed by atoms with E-state index in [0.29, 0.717) is 5.54 Å². The number of unbranched alkanes of at least 4 members (excludes halogenated alkanes) is 2. The average molecular weight is 212 g/mol. The van der Waals surface area contributed by atoms with Crippen molar-refractivity contribution >= 4 is 0 Å². The number of hydrogen-bond acceptors (Lipinski definition) is 2. The topological polar surface area (TPSA) is 29.3 Å². The zero-order valence-electron chi connectivity index (χ0n) is 10.8. The van der Waals surface area contributed by atoms with Crippen molar-refractivity contribution in [3.8, 4) is 0 Å². The second kappa shape index (κ2) is 5.86. The van der Waals surface area contributed by atoms with Gasteiger partial charge in [-0.2, -0.15) is 0 Å². The number of hydrogen-bond donors (Lipinski definition) is 1. The summed E-state index contributed by atoms with van der Waals surface area (Å²) in [5, 5.41) is 0. The van der Waals surface area contributed by atoms with Crippen LogP contribution in [0.2, 0.25) is 0 Å². The number of rotatable bonds is 6. The van der Waals surface area contributed by atoms with Crippen LogP contribution in [0.4, 0.5) is 0 Å². The lowest BCUT2D eigenvalue weighted by molar-refractivity contribution is 0.0896. The molecule has 0 bridgehead atoms. The molecule has 2 unspecified atom stereocenters. The molecule has 90 valence electrons. The maximum absolute atomic E-state index is 6.02. The molecule has 0 saturated heterocycles. The summed E-state index contributed by atoms with van der Waals surface area (Å²) in [4.78, 5) is 2.54. The fourth-order valence-corrected chi connectivity index (χ4v) is 3.08. The molecule has 0 aromatic heterocycles. The van der Waals surface area contributed by atoms with Crippen molar-refractivity contribution in [2.75, 3.05) is 20.1 Å². The minimum atomic E-state index is 0.313. The third kappa shape index (κ3) is 2.73. The average Bonchev–Trinajstić information content (AvgIpc) is 2.61. The van der Waals surface area contributed by atoms with Crippen LogP contribution in [0.5, 0.6) is 0 Å². The predicted molar refractivity (Wildman–Crippen MR) is 67.0 cm³/mol. The van der Waals surface area contributed by atoms with Gasteiger partial charge in [0.15, 0.2) is 0 Å². The lowest BCUT2D eigenvalue weighted by Gasteiger charge is -2.42. The molecule has 1 aliphatic carbocycles. The molecule has 2 N–H and O–H groups in total. The molecule has 2 atom stereocenters. The van der Waals surface area contributed by atoms with Crippen LogP contribution < -0.4 is 5.73 Å². The Bertz CT molecular complexity index is 181. The Balaban J connectivity index is 2.49. The second-order valence-electron chi connectivity index (χ2n) is 5.23. The Morgan fingerprint density at radius 2 is 2.13 bits per heavy atom. The molecule has 1 fully saturated rings. The van der Waals surface area contributed by atoms with Gasteiger partial charge in [0.05, 0.1) is 0 Å². The normalized spacial score (nSPS) is 31.4. The van der Waals surface area contributed by atoms with Crippen LogP contribution in [0.25, 0.3) is 0 Å². The van der Waals surface area contributed by atoms with Crippen LogP contribution in [-0.4, -0.2) is 30.6 Å². The molecule has 0 spiro atoms. The predicted octanol–water partition coefficient (Wildman–Crippen LogP) is 2.63. The lowest BCUT2D eigenvalue weighted by atomic mass is 9.86. The van der Waals surface area contributed by atoms with Crippen molar-refractivity contribution in [1.82, 2.24) is 4.90 Å². The van der Waals surface area contributed by atoms with Gasteiger partial charge in [-0.3, -0.25) is 4.90 Å². The first-order valence-corrected chi connectivity index (χ1v) is 6.58. The van der Waals surface area contributed by atoms with E-state index in [1.807, 2.05) is 0 Å². The number of likely N-dealkylation sites (N-methyl/N-ethyl adjacent to an activating group) is 1. The van der Waals surface area contributed by atoms with Crippen LogP contribution >= 0.6 is 0 Å². The van der Waals surface area contributed by atoms with Crippen molar-refractivity contribution in [2.45, 2.75) is 57.9 Å². The van der Waals surface area contributed by atoms with Gasteiger partial charge in [-0.1, -0.05) is 33.1 Å². The molecule has 0 radical (unpaired) electrons. The van der Waals surface area contributed by atoms with Gasteiger partial charge in [-0.05, 0) is 38.8 Å². The van der Waals surface area contributed by atoms with E-state index >= 15 is 0 Å². The summed E-state index contributed by atoms with van der Waals surface area (Å²) in [6.45, 7) is 6.68. The van der Waals surface area contributed by atoms with E-state index < -0.39 is 0 Å². The standard InChI is InChI=1S/C13H28N2/c1-4-5-6-10-15(3)13(11-14)9-7-8-12(13)2/h12H,4-11,14H2,1-3H3. The summed E-state index contributed by atoms with van der Waals surface area (Å²) in [6, 6.07) is 0. The SMILES string of the molecule is CCCCCN(C)C1(CN)CCCC1C. The Kier molecular flexibility index (Phi) is 5.07. The van der Waals surface area contributed by atoms with E-state index in [2.05, 4.69) is 25.8 Å². The van der Waals surface area contributed by atoms with E-state index in [0.717, 1.165) is 12.5 Å². The van der Waals surface area contributed by atoms with Crippen LogP contribution in [0.15, 0.2) is 0 Å². The van der Waals surface area contributed by atoms with Crippen LogP contribution in [0, 0.1) is 5.92 Å². The number of nitrogens with two attached hydrogens (primary N) is 1. The maximum Gasteiger partial charge on any atom is 0.0354 e. The molecule has 0 heterocycles. The summed E-state index contributed by atoms with van der Waals surface area (Å²) in [6.07, 6.45) is 7.99. The highest BCUT2D eigenvalue weighted by atomic mass is 15.2. The van der Waals surface area contributed by atoms with E-state index in [4.69, 9.17) is 5.73 Å². The van der Waals surface area contributed by atoms with Gasteiger partial charge in [0, 0.05) is 12.1 Å². The van der Waals surface area contributed by atoms with Crippen molar-refractivity contribution in [2.24, 2.45) is 11.7 Å². The molecular weight excluding hydrogens is 184 g/mol. The van der Waals surface area contributed by atoms with Crippen molar-refractivity contribution in [3.05, 3.63) is 0 Å².